The first-order valence-electron chi connectivity index (χ1n) is 6.80. The van der Waals surface area contributed by atoms with Crippen molar-refractivity contribution in [3.8, 4) is 12.1 Å². The van der Waals surface area contributed by atoms with Crippen molar-refractivity contribution in [2.75, 3.05) is 0 Å². The quantitative estimate of drug-likeness (QED) is 0.455. The molecule has 0 atom stereocenters. The smallest absolute Gasteiger partial charge is 0.0649 e. The highest BCUT2D eigenvalue weighted by Gasteiger charge is 1.90. The minimum atomic E-state index is 0.190. The summed E-state index contributed by atoms with van der Waals surface area (Å²) in [5, 5.41) is 15.5. The zero-order chi connectivity index (χ0) is 17.1. The van der Waals surface area contributed by atoms with Crippen LogP contribution < -0.4 is 0 Å². The molecule has 0 N–H and O–H groups in total. The van der Waals surface area contributed by atoms with E-state index >= 15 is 0 Å². The first-order valence-corrected chi connectivity index (χ1v) is 6.80. The molecule has 0 aromatic carbocycles. The average molecular weight is 276 g/mol. The lowest BCUT2D eigenvalue weighted by Gasteiger charge is -1.99. The fraction of sp³-hybridized carbons (Fsp3) is 0.556. The molecule has 0 radical (unpaired) electrons. The van der Waals surface area contributed by atoms with Gasteiger partial charge in [0.1, 0.15) is 0 Å². The molecule has 0 aliphatic heterocycles. The number of nitrogens with zero attached hydrogens (tertiary/aromatic N) is 2. The summed E-state index contributed by atoms with van der Waals surface area (Å²) in [6, 6.07) is 3.96. The van der Waals surface area contributed by atoms with E-state index in [0.29, 0.717) is 12.3 Å². The Morgan fingerprint density at radius 1 is 1.10 bits per heavy atom. The van der Waals surface area contributed by atoms with Crippen LogP contribution in [0, 0.1) is 34.5 Å². The van der Waals surface area contributed by atoms with E-state index in [1.807, 2.05) is 46.8 Å². The summed E-state index contributed by atoms with van der Waals surface area (Å²) in [4.78, 5) is 0. The lowest BCUT2D eigenvalue weighted by atomic mass is 10.1. The van der Waals surface area contributed by atoms with Crippen LogP contribution in [0.25, 0.3) is 0 Å². The van der Waals surface area contributed by atoms with E-state index in [4.69, 9.17) is 10.5 Å². The summed E-state index contributed by atoms with van der Waals surface area (Å²) in [7, 11) is 0. The summed E-state index contributed by atoms with van der Waals surface area (Å²) in [6.07, 6.45) is 2.42. The standard InChI is InChI=1S/C7H12.C4H7N.C4H8.C3H5N/c1-5-7(4)6(2)3;1-4(2)3-5;1-4(2)3;1-2-3-4/h5-6H,1,4H2,2-3H3;4H,1-2H3;1H2,2-3H3;2H2,1H3. The van der Waals surface area contributed by atoms with Crippen molar-refractivity contribution in [1.82, 2.24) is 0 Å². The van der Waals surface area contributed by atoms with E-state index < -0.39 is 0 Å². The maximum atomic E-state index is 7.89. The number of hydrogen-bond acceptors (Lipinski definition) is 2. The predicted octanol–water partition coefficient (Wildman–Crippen LogP) is 6.05. The molecule has 2 heteroatoms. The van der Waals surface area contributed by atoms with Gasteiger partial charge in [-0.25, -0.2) is 0 Å². The Bertz CT molecular complexity index is 318. The molecule has 0 fully saturated rings. The van der Waals surface area contributed by atoms with Crippen LogP contribution in [-0.4, -0.2) is 0 Å². The van der Waals surface area contributed by atoms with E-state index in [0.717, 1.165) is 5.57 Å². The van der Waals surface area contributed by atoms with Crippen molar-refractivity contribution >= 4 is 0 Å². The van der Waals surface area contributed by atoms with E-state index in [9.17, 15) is 0 Å². The number of nitriles is 2. The third-order valence-electron chi connectivity index (χ3n) is 1.42. The van der Waals surface area contributed by atoms with Gasteiger partial charge < -0.3 is 0 Å². The molecule has 0 unspecified atom stereocenters. The molecule has 0 heterocycles. The SMILES string of the molecule is C=C(C)C.C=CC(=C)C(C)C.CC(C)C#N.CCC#N. The van der Waals surface area contributed by atoms with Crippen molar-refractivity contribution < 1.29 is 0 Å². The van der Waals surface area contributed by atoms with Crippen molar-refractivity contribution in [3.05, 3.63) is 37.0 Å². The van der Waals surface area contributed by atoms with Crippen molar-refractivity contribution in [1.29, 1.82) is 10.5 Å². The minimum Gasteiger partial charge on any atom is -0.198 e. The van der Waals surface area contributed by atoms with Gasteiger partial charge in [0, 0.05) is 12.3 Å². The van der Waals surface area contributed by atoms with Crippen LogP contribution in [0.2, 0.25) is 0 Å². The predicted molar refractivity (Wildman–Crippen MR) is 91.0 cm³/mol. The fourth-order valence-corrected chi connectivity index (χ4v) is 0.236. The highest BCUT2D eigenvalue weighted by molar-refractivity contribution is 5.12. The lowest BCUT2D eigenvalue weighted by molar-refractivity contribution is 0.796. The summed E-state index contributed by atoms with van der Waals surface area (Å²) in [6.45, 7) is 24.6. The topological polar surface area (TPSA) is 47.6 Å². The molecular weight excluding hydrogens is 244 g/mol. The summed E-state index contributed by atoms with van der Waals surface area (Å²) >= 11 is 0. The second-order valence-corrected chi connectivity index (χ2v) is 4.94. The molecule has 0 aromatic heterocycles. The van der Waals surface area contributed by atoms with Gasteiger partial charge in [-0.2, -0.15) is 10.5 Å². The molecule has 20 heavy (non-hydrogen) atoms. The fourth-order valence-electron chi connectivity index (χ4n) is 0.236. The van der Waals surface area contributed by atoms with Gasteiger partial charge in [0.2, 0.25) is 0 Å². The van der Waals surface area contributed by atoms with E-state index in [1.54, 1.807) is 6.08 Å². The van der Waals surface area contributed by atoms with Gasteiger partial charge in [-0.3, -0.25) is 0 Å². The maximum Gasteiger partial charge on any atom is 0.0649 e. The second-order valence-electron chi connectivity index (χ2n) is 4.94. The number of allylic oxidation sites excluding steroid dienone is 3. The Morgan fingerprint density at radius 3 is 1.35 bits per heavy atom. The minimum absolute atomic E-state index is 0.190. The first-order chi connectivity index (χ1) is 9.10. The van der Waals surface area contributed by atoms with Crippen molar-refractivity contribution in [2.24, 2.45) is 11.8 Å². The summed E-state index contributed by atoms with van der Waals surface area (Å²) in [5.74, 6) is 0.743. The molecule has 0 bridgehead atoms. The molecule has 0 amide bonds. The molecule has 114 valence electrons. The maximum absolute atomic E-state index is 7.89. The van der Waals surface area contributed by atoms with E-state index in [2.05, 4.69) is 33.6 Å². The molecule has 0 aromatic rings. The van der Waals surface area contributed by atoms with Crippen LogP contribution >= 0.6 is 0 Å². The van der Waals surface area contributed by atoms with Gasteiger partial charge >= 0.3 is 0 Å². The van der Waals surface area contributed by atoms with E-state index in [-0.39, 0.29) is 5.92 Å². The van der Waals surface area contributed by atoms with Gasteiger partial charge in [-0.05, 0) is 33.6 Å². The van der Waals surface area contributed by atoms with Crippen LogP contribution in [0.4, 0.5) is 0 Å². The Kier molecular flexibility index (Phi) is 29.9. The Hall–Kier alpha value is -1.80. The zero-order valence-electron chi connectivity index (χ0n) is 14.5. The van der Waals surface area contributed by atoms with Crippen LogP contribution in [0.3, 0.4) is 0 Å². The second kappa shape index (κ2) is 22.4. The van der Waals surface area contributed by atoms with Crippen LogP contribution in [0.5, 0.6) is 0 Å². The monoisotopic (exact) mass is 276 g/mol. The zero-order valence-corrected chi connectivity index (χ0v) is 14.5. The molecule has 0 aliphatic carbocycles. The molecule has 0 saturated carbocycles. The van der Waals surface area contributed by atoms with Crippen molar-refractivity contribution in [2.45, 2.75) is 54.9 Å². The average Bonchev–Trinajstić information content (AvgIpc) is 2.37. The first kappa shape index (κ1) is 26.7. The normalized spacial score (nSPS) is 7.35. The van der Waals surface area contributed by atoms with Crippen LogP contribution in [0.1, 0.15) is 54.9 Å². The molecule has 0 saturated heterocycles. The molecule has 2 nitrogen and oxygen atoms in total. The summed E-state index contributed by atoms with van der Waals surface area (Å²) in [5.41, 5.74) is 2.28. The summed E-state index contributed by atoms with van der Waals surface area (Å²) < 4.78 is 0. The van der Waals surface area contributed by atoms with Gasteiger partial charge in [-0.15, -0.1) is 6.58 Å². The highest BCUT2D eigenvalue weighted by Crippen LogP contribution is 2.05. The van der Waals surface area contributed by atoms with Gasteiger partial charge in [0.05, 0.1) is 12.1 Å². The van der Waals surface area contributed by atoms with Crippen LogP contribution in [0.15, 0.2) is 37.0 Å². The van der Waals surface area contributed by atoms with Gasteiger partial charge in [-0.1, -0.05) is 51.2 Å². The Morgan fingerprint density at radius 2 is 1.35 bits per heavy atom. The Labute approximate surface area is 127 Å². The highest BCUT2D eigenvalue weighted by atomic mass is 14.2. The number of hydrogen-bond donors (Lipinski definition) is 0. The lowest BCUT2D eigenvalue weighted by Crippen LogP contribution is -1.85. The van der Waals surface area contributed by atoms with Crippen LogP contribution in [-0.2, 0) is 0 Å². The molecular formula is C18H32N2. The molecule has 0 rings (SSSR count). The van der Waals surface area contributed by atoms with Gasteiger partial charge in [0.25, 0.3) is 0 Å². The third kappa shape index (κ3) is 72.2. The van der Waals surface area contributed by atoms with Gasteiger partial charge in [0.15, 0.2) is 0 Å². The number of rotatable bonds is 2. The van der Waals surface area contributed by atoms with Crippen molar-refractivity contribution in [3.63, 3.8) is 0 Å². The third-order valence-corrected chi connectivity index (χ3v) is 1.42. The molecule has 0 aliphatic rings. The van der Waals surface area contributed by atoms with E-state index in [1.165, 1.54) is 5.57 Å². The largest absolute Gasteiger partial charge is 0.198 e. The Balaban J connectivity index is -0.0000000883. The molecule has 0 spiro atoms.